The predicted molar refractivity (Wildman–Crippen MR) is 350 cm³/mol. The van der Waals surface area contributed by atoms with E-state index in [0.717, 1.165) is 51.0 Å². The Balaban J connectivity index is 1.85. The lowest BCUT2D eigenvalue weighted by Crippen LogP contribution is -2.59. The summed E-state index contributed by atoms with van der Waals surface area (Å²) < 4.78 is 11.6. The van der Waals surface area contributed by atoms with Gasteiger partial charge in [0, 0.05) is 25.7 Å². The van der Waals surface area contributed by atoms with Crippen LogP contribution in [-0.4, -0.2) is 277 Å². The van der Waals surface area contributed by atoms with E-state index in [1.54, 1.807) is 31.2 Å². The summed E-state index contributed by atoms with van der Waals surface area (Å²) in [6, 6.07) is 0. The number of rotatable bonds is 51. The molecule has 0 aromatic rings. The van der Waals surface area contributed by atoms with Crippen LogP contribution < -0.4 is 0 Å². The smallest absolute Gasteiger partial charge is 0.157 e. The van der Waals surface area contributed by atoms with Crippen molar-refractivity contribution in [2.24, 2.45) is 11.8 Å². The third kappa shape index (κ3) is 32.4. The van der Waals surface area contributed by atoms with E-state index in [1.165, 1.54) is 45.3 Å². The lowest BCUT2D eigenvalue weighted by Gasteiger charge is -2.42. The number of hydrogen-bond acceptors (Lipinski definition) is 25. The number of unbranched alkanes of at least 4 members (excludes halogenated alkanes) is 11. The molecule has 27 atom stereocenters. The highest BCUT2D eigenvalue weighted by molar-refractivity contribution is 5.89. The number of carbonyl (C=O) groups excluding carboxylic acids is 1. The molecule has 548 valence electrons. The van der Waals surface area contributed by atoms with Crippen molar-refractivity contribution >= 4 is 5.78 Å². The SMILES string of the molecule is C=CCCCCCCCCCC/C=C/[C@H](O)[C@@H](O)[C@H]1O[C@@H]([C@@H](O)[C@@H](O)C(=C)CC[C@@H](O)[C@H]2C[C@@H](O)[C@H](O)[C@@H]([C@@H](O)[C@@H](O)/C=C(\C)C[C@@H](O)C[C@@H](O)[C@@H](O)[C@@H](O)[C@@H](O)[C@@H](O)[C@@H](C)C[C@@H](O)[C@@H](O)C[C@H](C)/C=C/CC[C@H](O)CC(=O)/C=C/CCCC[C@H](O)CO)O2)C[C@@H](O)[C@@H]1O. The zero-order chi connectivity index (χ0) is 70.8. The standard InChI is InChI=1S/C69H122O25/c1-6-7-8-9-10-11-12-13-14-15-16-21-28-49(76)61(86)68-64(89)55(82)38-57(94-68)65(90)58(83)42(4)29-30-48(75)56-37-54(81)63(88)69(93-56)62(87)52(79)33-41(3)31-47(74)36-53(80)60(85)67(92)66(91)59(84)43(5)34-51(78)50(77)32-40(2)24-22-23-26-45(72)35-44(71)25-19-17-18-20-27-46(73)39-70/h6,19,21-22,24-25,28,33,40,43,45-70,72-92H,1,4,7-18,20,23,26-27,29-32,34-39H2,2-3,5H3/b24-22+,25-19+,28-21+,41-33+/t40-,43+,45+,46+,47-,48-,49+,50+,51-,52+,53-,54-,55-,56-,57-,58+,59+,60-,61-,62+,63+,64+,65-,66+,67-,68-,69-/m1/s1. The first kappa shape index (κ1) is 87.2. The maximum absolute atomic E-state index is 12.2. The van der Waals surface area contributed by atoms with Gasteiger partial charge < -0.3 is 122 Å². The molecule has 0 radical (unpaired) electrons. The van der Waals surface area contributed by atoms with E-state index in [4.69, 9.17) is 14.6 Å². The molecule has 25 nitrogen and oxygen atoms in total. The Hall–Kier alpha value is -2.85. The zero-order valence-corrected chi connectivity index (χ0v) is 55.6. The third-order valence-corrected chi connectivity index (χ3v) is 18.1. The Bertz CT molecular complexity index is 2170. The first-order chi connectivity index (χ1) is 44.4. The maximum atomic E-state index is 12.2. The monoisotopic (exact) mass is 1350 g/mol. The average Bonchev–Trinajstić information content (AvgIpc) is 0.818. The molecule has 0 bridgehead atoms. The number of aliphatic hydroxyl groups is 22. The van der Waals surface area contributed by atoms with Gasteiger partial charge in [-0.05, 0) is 120 Å². The van der Waals surface area contributed by atoms with Gasteiger partial charge in [-0.2, -0.15) is 0 Å². The van der Waals surface area contributed by atoms with Gasteiger partial charge in [0.1, 0.15) is 79.4 Å². The van der Waals surface area contributed by atoms with Gasteiger partial charge in [-0.3, -0.25) is 4.79 Å². The lowest BCUT2D eigenvalue weighted by molar-refractivity contribution is -0.234. The van der Waals surface area contributed by atoms with Crippen molar-refractivity contribution in [3.05, 3.63) is 72.9 Å². The van der Waals surface area contributed by atoms with Gasteiger partial charge in [0.2, 0.25) is 0 Å². The molecule has 0 spiro atoms. The summed E-state index contributed by atoms with van der Waals surface area (Å²) in [6.07, 6.45) is -15.6. The summed E-state index contributed by atoms with van der Waals surface area (Å²) in [7, 11) is 0. The molecule has 0 aromatic carbocycles. The molecule has 2 saturated heterocycles. The van der Waals surface area contributed by atoms with Crippen LogP contribution in [0.3, 0.4) is 0 Å². The Morgan fingerprint density at radius 3 is 1.65 bits per heavy atom. The first-order valence-corrected chi connectivity index (χ1v) is 34.1. The van der Waals surface area contributed by atoms with E-state index in [0.29, 0.717) is 38.5 Å². The molecule has 0 amide bonds. The normalized spacial score (nSPS) is 27.1. The van der Waals surface area contributed by atoms with Crippen molar-refractivity contribution in [2.75, 3.05) is 6.61 Å². The zero-order valence-electron chi connectivity index (χ0n) is 55.6. The van der Waals surface area contributed by atoms with Crippen molar-refractivity contribution in [3.8, 4) is 0 Å². The third-order valence-electron chi connectivity index (χ3n) is 18.1. The summed E-state index contributed by atoms with van der Waals surface area (Å²) in [5.74, 6) is -1.43. The van der Waals surface area contributed by atoms with Crippen LogP contribution in [0.1, 0.15) is 181 Å². The quantitative estimate of drug-likeness (QED) is 0.0217. The van der Waals surface area contributed by atoms with Crippen molar-refractivity contribution < 1.29 is 127 Å². The van der Waals surface area contributed by atoms with Gasteiger partial charge in [-0.15, -0.1) is 6.58 Å². The molecule has 94 heavy (non-hydrogen) atoms. The van der Waals surface area contributed by atoms with Crippen molar-refractivity contribution in [3.63, 3.8) is 0 Å². The molecule has 0 unspecified atom stereocenters. The fraction of sp³-hybridized carbons (Fsp3) is 0.812. The Morgan fingerprint density at radius 1 is 0.521 bits per heavy atom. The molecule has 0 aliphatic carbocycles. The predicted octanol–water partition coefficient (Wildman–Crippen LogP) is 0.0433. The van der Waals surface area contributed by atoms with Gasteiger partial charge in [-0.25, -0.2) is 0 Å². The minimum absolute atomic E-state index is 0.0170. The van der Waals surface area contributed by atoms with Crippen LogP contribution >= 0.6 is 0 Å². The number of ether oxygens (including phenoxy) is 2. The van der Waals surface area contributed by atoms with Gasteiger partial charge in [-0.1, -0.05) is 113 Å². The van der Waals surface area contributed by atoms with E-state index >= 15 is 0 Å². The minimum Gasteiger partial charge on any atom is -0.394 e. The van der Waals surface area contributed by atoms with Gasteiger partial charge >= 0.3 is 0 Å². The topological polar surface area (TPSA) is 481 Å². The summed E-state index contributed by atoms with van der Waals surface area (Å²) >= 11 is 0. The molecule has 25 heteroatoms. The van der Waals surface area contributed by atoms with Crippen LogP contribution in [0, 0.1) is 11.8 Å². The second-order valence-corrected chi connectivity index (χ2v) is 26.7. The summed E-state index contributed by atoms with van der Waals surface area (Å²) in [5, 5.41) is 235. The Kier molecular flexibility index (Phi) is 43.8. The second kappa shape index (κ2) is 47.2. The van der Waals surface area contributed by atoms with E-state index in [-0.39, 0.29) is 80.8 Å². The van der Waals surface area contributed by atoms with E-state index in [9.17, 15) is 112 Å². The van der Waals surface area contributed by atoms with E-state index in [2.05, 4.69) is 13.2 Å². The van der Waals surface area contributed by atoms with E-state index < -0.39 is 165 Å². The fourth-order valence-electron chi connectivity index (χ4n) is 11.9. The molecule has 22 N–H and O–H groups in total. The molecule has 0 saturated carbocycles. The molecule has 2 fully saturated rings. The van der Waals surface area contributed by atoms with Crippen molar-refractivity contribution in [1.82, 2.24) is 0 Å². The number of allylic oxidation sites excluding steroid dienone is 6. The van der Waals surface area contributed by atoms with E-state index in [1.807, 2.05) is 6.08 Å². The summed E-state index contributed by atoms with van der Waals surface area (Å²) in [4.78, 5) is 12.2. The highest BCUT2D eigenvalue weighted by atomic mass is 16.6. The number of aliphatic hydroxyl groups excluding tert-OH is 22. The molecule has 2 heterocycles. The molecular weight excluding hydrogens is 1230 g/mol. The molecule has 2 aliphatic rings. The van der Waals surface area contributed by atoms with Gasteiger partial charge in [0.25, 0.3) is 0 Å². The van der Waals surface area contributed by atoms with Crippen molar-refractivity contribution in [1.29, 1.82) is 0 Å². The maximum Gasteiger partial charge on any atom is 0.157 e. The average molecular weight is 1350 g/mol. The van der Waals surface area contributed by atoms with Gasteiger partial charge in [0.15, 0.2) is 5.78 Å². The van der Waals surface area contributed by atoms with Crippen LogP contribution in [0.5, 0.6) is 0 Å². The first-order valence-electron chi connectivity index (χ1n) is 34.1. The molecular formula is C69H122O25. The molecule has 0 aromatic heterocycles. The fourth-order valence-corrected chi connectivity index (χ4v) is 11.9. The van der Waals surface area contributed by atoms with Gasteiger partial charge in [0.05, 0.1) is 79.9 Å². The minimum atomic E-state index is -2.16. The Morgan fingerprint density at radius 2 is 1.04 bits per heavy atom. The van der Waals surface area contributed by atoms with Crippen LogP contribution in [-0.2, 0) is 14.3 Å². The molecule has 2 aliphatic heterocycles. The van der Waals surface area contributed by atoms with Crippen molar-refractivity contribution in [2.45, 2.75) is 334 Å². The highest BCUT2D eigenvalue weighted by Gasteiger charge is 2.47. The number of hydrogen-bond donors (Lipinski definition) is 22. The highest BCUT2D eigenvalue weighted by Crippen LogP contribution is 2.32. The second-order valence-electron chi connectivity index (χ2n) is 26.7. The largest absolute Gasteiger partial charge is 0.394 e. The van der Waals surface area contributed by atoms with Crippen LogP contribution in [0.4, 0.5) is 0 Å². The number of ketones is 1. The summed E-state index contributed by atoms with van der Waals surface area (Å²) in [5.41, 5.74) is 0.191. The van der Waals surface area contributed by atoms with Crippen LogP contribution in [0.2, 0.25) is 0 Å². The Labute approximate surface area is 555 Å². The summed E-state index contributed by atoms with van der Waals surface area (Å²) in [6.45, 7) is 11.9. The van der Waals surface area contributed by atoms with Crippen LogP contribution in [0.25, 0.3) is 0 Å². The lowest BCUT2D eigenvalue weighted by atomic mass is 9.86. The van der Waals surface area contributed by atoms with Crippen LogP contribution in [0.15, 0.2) is 72.9 Å². The molecule has 2 rings (SSSR count). The number of carbonyl (C=O) groups is 1.